The van der Waals surface area contributed by atoms with E-state index in [9.17, 15) is 20.0 Å². The lowest BCUT2D eigenvalue weighted by atomic mass is 10.1. The maximum atomic E-state index is 11.8. The van der Waals surface area contributed by atoms with Crippen molar-refractivity contribution >= 4 is 11.8 Å². The van der Waals surface area contributed by atoms with Gasteiger partial charge in [-0.1, -0.05) is 11.6 Å². The zero-order chi connectivity index (χ0) is 18.6. The van der Waals surface area contributed by atoms with Crippen LogP contribution in [0.15, 0.2) is 24.4 Å². The number of aliphatic hydroxyl groups is 1. The van der Waals surface area contributed by atoms with Gasteiger partial charge in [0, 0.05) is 6.92 Å². The van der Waals surface area contributed by atoms with Crippen LogP contribution in [-0.2, 0) is 11.3 Å². The highest BCUT2D eigenvalue weighted by atomic mass is 16.6. The molecule has 0 aliphatic heterocycles. The Morgan fingerprint density at radius 1 is 1.44 bits per heavy atom. The summed E-state index contributed by atoms with van der Waals surface area (Å²) >= 11 is 0. The zero-order valence-corrected chi connectivity index (χ0v) is 14.1. The number of aryl methyl sites for hydroxylation is 2. The van der Waals surface area contributed by atoms with Crippen molar-refractivity contribution in [1.82, 2.24) is 9.55 Å². The van der Waals surface area contributed by atoms with E-state index in [0.29, 0.717) is 5.82 Å². The van der Waals surface area contributed by atoms with Gasteiger partial charge in [0.15, 0.2) is 5.82 Å². The second kappa shape index (κ2) is 7.75. The van der Waals surface area contributed by atoms with Gasteiger partial charge >= 0.3 is 11.8 Å². The second-order valence-electron chi connectivity index (χ2n) is 5.49. The van der Waals surface area contributed by atoms with E-state index in [1.54, 1.807) is 25.1 Å². The largest absolute Gasteiger partial charge is 0.490 e. The minimum atomic E-state index is -1.03. The predicted octanol–water partition coefficient (Wildman–Crippen LogP) is 1.63. The molecule has 0 aliphatic carbocycles. The summed E-state index contributed by atoms with van der Waals surface area (Å²) in [6, 6.07) is 5.00. The number of carbonyl (C=O) groups excluding carboxylic acids is 1. The molecule has 0 fully saturated rings. The first-order chi connectivity index (χ1) is 11.8. The highest BCUT2D eigenvalue weighted by Gasteiger charge is 2.21. The first-order valence-electron chi connectivity index (χ1n) is 7.49. The number of rotatable bonds is 7. The standard InChI is InChI=1S/C16H19N3O6/c1-10-4-5-14(13(6-10)16(21)24-3)25-9-12(20)8-18-11(2)17-7-15(18)19(22)23/h4-7,12,20H,8-9H2,1-3H3/t12-/m0/s1. The van der Waals surface area contributed by atoms with Crippen LogP contribution in [0.25, 0.3) is 0 Å². The summed E-state index contributed by atoms with van der Waals surface area (Å²) < 4.78 is 11.5. The molecule has 0 bridgehead atoms. The molecule has 1 aromatic heterocycles. The third-order valence-electron chi connectivity index (χ3n) is 3.59. The average molecular weight is 349 g/mol. The van der Waals surface area contributed by atoms with E-state index in [4.69, 9.17) is 9.47 Å². The van der Waals surface area contributed by atoms with E-state index in [0.717, 1.165) is 11.8 Å². The van der Waals surface area contributed by atoms with E-state index in [1.807, 2.05) is 6.92 Å². The van der Waals surface area contributed by atoms with Crippen LogP contribution >= 0.6 is 0 Å². The summed E-state index contributed by atoms with van der Waals surface area (Å²) in [4.78, 5) is 26.1. The number of hydrogen-bond donors (Lipinski definition) is 1. The number of nitro groups is 1. The summed E-state index contributed by atoms with van der Waals surface area (Å²) in [6.45, 7) is 3.23. The van der Waals surface area contributed by atoms with Gasteiger partial charge in [-0.05, 0) is 24.0 Å². The number of ether oxygens (including phenoxy) is 2. The fourth-order valence-corrected chi connectivity index (χ4v) is 2.32. The lowest BCUT2D eigenvalue weighted by molar-refractivity contribution is -0.392. The molecule has 0 amide bonds. The maximum Gasteiger partial charge on any atom is 0.342 e. The maximum absolute atomic E-state index is 11.8. The number of aliphatic hydroxyl groups excluding tert-OH is 1. The second-order valence-corrected chi connectivity index (χ2v) is 5.49. The summed E-state index contributed by atoms with van der Waals surface area (Å²) in [5, 5.41) is 21.1. The number of benzene rings is 1. The highest BCUT2D eigenvalue weighted by Crippen LogP contribution is 2.21. The fraction of sp³-hybridized carbons (Fsp3) is 0.375. The van der Waals surface area contributed by atoms with Crippen molar-refractivity contribution < 1.29 is 24.3 Å². The van der Waals surface area contributed by atoms with Crippen LogP contribution in [0.1, 0.15) is 21.7 Å². The van der Waals surface area contributed by atoms with Crippen molar-refractivity contribution in [2.45, 2.75) is 26.5 Å². The number of imidazole rings is 1. The van der Waals surface area contributed by atoms with Crippen molar-refractivity contribution in [2.75, 3.05) is 13.7 Å². The van der Waals surface area contributed by atoms with Gasteiger partial charge in [-0.25, -0.2) is 14.3 Å². The van der Waals surface area contributed by atoms with Crippen LogP contribution in [0.5, 0.6) is 5.75 Å². The molecule has 0 unspecified atom stereocenters. The molecule has 1 atom stereocenters. The normalized spacial score (nSPS) is 11.8. The smallest absolute Gasteiger partial charge is 0.342 e. The molecule has 0 radical (unpaired) electrons. The van der Waals surface area contributed by atoms with Crippen LogP contribution < -0.4 is 4.74 Å². The van der Waals surface area contributed by atoms with Crippen LogP contribution in [-0.4, -0.2) is 45.4 Å². The molecule has 9 heteroatoms. The fourth-order valence-electron chi connectivity index (χ4n) is 2.32. The Morgan fingerprint density at radius 2 is 2.16 bits per heavy atom. The summed E-state index contributed by atoms with van der Waals surface area (Å²) in [6.07, 6.45) is 0.108. The van der Waals surface area contributed by atoms with E-state index in [1.165, 1.54) is 11.7 Å². The average Bonchev–Trinajstić information content (AvgIpc) is 2.93. The summed E-state index contributed by atoms with van der Waals surface area (Å²) in [5.41, 5.74) is 1.11. The number of carbonyl (C=O) groups is 1. The van der Waals surface area contributed by atoms with Gasteiger partial charge in [0.2, 0.25) is 0 Å². The quantitative estimate of drug-likeness (QED) is 0.459. The number of methoxy groups -OCH3 is 1. The molecule has 0 saturated carbocycles. The molecule has 134 valence electrons. The van der Waals surface area contributed by atoms with Crippen molar-refractivity contribution in [3.8, 4) is 5.75 Å². The Balaban J connectivity index is 2.08. The van der Waals surface area contributed by atoms with E-state index in [2.05, 4.69) is 4.98 Å². The van der Waals surface area contributed by atoms with Crippen LogP contribution in [0.2, 0.25) is 0 Å². The van der Waals surface area contributed by atoms with Gasteiger partial charge < -0.3 is 24.7 Å². The van der Waals surface area contributed by atoms with Gasteiger partial charge in [0.25, 0.3) is 0 Å². The molecule has 1 aromatic carbocycles. The minimum absolute atomic E-state index is 0.0540. The molecule has 1 N–H and O–H groups in total. The van der Waals surface area contributed by atoms with E-state index in [-0.39, 0.29) is 30.3 Å². The lowest BCUT2D eigenvalue weighted by Crippen LogP contribution is -2.25. The summed E-state index contributed by atoms with van der Waals surface area (Å²) in [7, 11) is 1.27. The van der Waals surface area contributed by atoms with Crippen molar-refractivity contribution in [1.29, 1.82) is 0 Å². The highest BCUT2D eigenvalue weighted by molar-refractivity contribution is 5.92. The third kappa shape index (κ3) is 4.32. The molecule has 1 heterocycles. The van der Waals surface area contributed by atoms with Gasteiger partial charge in [-0.3, -0.25) is 0 Å². The van der Waals surface area contributed by atoms with Crippen molar-refractivity contribution in [3.63, 3.8) is 0 Å². The third-order valence-corrected chi connectivity index (χ3v) is 3.59. The topological polar surface area (TPSA) is 117 Å². The Morgan fingerprint density at radius 3 is 2.80 bits per heavy atom. The monoisotopic (exact) mass is 349 g/mol. The zero-order valence-electron chi connectivity index (χ0n) is 14.1. The number of aromatic nitrogens is 2. The first-order valence-corrected chi connectivity index (χ1v) is 7.49. The van der Waals surface area contributed by atoms with Crippen molar-refractivity contribution in [2.24, 2.45) is 0 Å². The molecular weight excluding hydrogens is 330 g/mol. The van der Waals surface area contributed by atoms with Gasteiger partial charge in [0.1, 0.15) is 36.8 Å². The number of nitrogens with zero attached hydrogens (tertiary/aromatic N) is 3. The first kappa shape index (κ1) is 18.4. The number of hydrogen-bond acceptors (Lipinski definition) is 7. The van der Waals surface area contributed by atoms with Crippen LogP contribution in [0, 0.1) is 24.0 Å². The molecule has 0 spiro atoms. The number of esters is 1. The van der Waals surface area contributed by atoms with Crippen LogP contribution in [0.3, 0.4) is 0 Å². The van der Waals surface area contributed by atoms with Crippen molar-refractivity contribution in [3.05, 3.63) is 51.5 Å². The molecule has 2 aromatic rings. The summed E-state index contributed by atoms with van der Waals surface area (Å²) in [5.74, 6) is -0.0684. The minimum Gasteiger partial charge on any atom is -0.490 e. The Bertz CT molecular complexity index is 786. The molecule has 25 heavy (non-hydrogen) atoms. The van der Waals surface area contributed by atoms with Gasteiger partial charge in [-0.15, -0.1) is 0 Å². The molecular formula is C16H19N3O6. The molecule has 0 aliphatic rings. The van der Waals surface area contributed by atoms with Gasteiger partial charge in [-0.2, -0.15) is 0 Å². The predicted molar refractivity (Wildman–Crippen MR) is 87.6 cm³/mol. The molecule has 9 nitrogen and oxygen atoms in total. The molecule has 0 saturated heterocycles. The SMILES string of the molecule is COC(=O)c1cc(C)ccc1OC[C@@H](O)Cn1c([N+](=O)[O-])cnc1C. The Kier molecular flexibility index (Phi) is 5.71. The van der Waals surface area contributed by atoms with E-state index >= 15 is 0 Å². The van der Waals surface area contributed by atoms with E-state index < -0.39 is 17.0 Å². The Labute approximate surface area is 144 Å². The lowest BCUT2D eigenvalue weighted by Gasteiger charge is -2.14. The van der Waals surface area contributed by atoms with Crippen LogP contribution in [0.4, 0.5) is 5.82 Å². The molecule has 2 rings (SSSR count). The van der Waals surface area contributed by atoms with Gasteiger partial charge in [0.05, 0.1) is 7.11 Å². The Hall–Kier alpha value is -2.94.